The Morgan fingerprint density at radius 1 is 1.37 bits per heavy atom. The highest BCUT2D eigenvalue weighted by Crippen LogP contribution is 2.18. The second-order valence-corrected chi connectivity index (χ2v) is 5.35. The quantitative estimate of drug-likeness (QED) is 0.823. The molecule has 19 heavy (non-hydrogen) atoms. The molecule has 1 aromatic carbocycles. The van der Waals surface area contributed by atoms with Gasteiger partial charge < -0.3 is 10.0 Å². The van der Waals surface area contributed by atoms with Crippen LogP contribution in [0.5, 0.6) is 0 Å². The predicted molar refractivity (Wildman–Crippen MR) is 74.9 cm³/mol. The van der Waals surface area contributed by atoms with Crippen molar-refractivity contribution in [3.63, 3.8) is 0 Å². The molecule has 0 spiro atoms. The van der Waals surface area contributed by atoms with E-state index >= 15 is 0 Å². The Labute approximate surface area is 114 Å². The third-order valence-corrected chi connectivity index (χ3v) is 3.07. The van der Waals surface area contributed by atoms with E-state index in [1.807, 2.05) is 11.0 Å². The van der Waals surface area contributed by atoms with Crippen molar-refractivity contribution in [2.75, 3.05) is 18.0 Å². The van der Waals surface area contributed by atoms with Gasteiger partial charge in [0.25, 0.3) is 0 Å². The highest BCUT2D eigenvalue weighted by atomic mass is 19.1. The first-order valence-electron chi connectivity index (χ1n) is 6.63. The third kappa shape index (κ3) is 5.28. The van der Waals surface area contributed by atoms with E-state index < -0.39 is 11.9 Å². The zero-order valence-electron chi connectivity index (χ0n) is 11.8. The standard InChI is InChI=1S/C15H22FNO2/c1-11(2)7-8-17(10-12(3)15(18)19)14-6-4-5-13(16)9-14/h4-6,9,11-12H,7-8,10H2,1-3H3,(H,18,19). The van der Waals surface area contributed by atoms with E-state index in [1.54, 1.807) is 13.0 Å². The number of carbonyl (C=O) groups is 1. The van der Waals surface area contributed by atoms with E-state index in [0.717, 1.165) is 18.7 Å². The smallest absolute Gasteiger partial charge is 0.308 e. The molecular weight excluding hydrogens is 245 g/mol. The average Bonchev–Trinajstić information content (AvgIpc) is 2.33. The van der Waals surface area contributed by atoms with E-state index in [-0.39, 0.29) is 5.82 Å². The zero-order valence-corrected chi connectivity index (χ0v) is 11.8. The molecule has 1 atom stereocenters. The third-order valence-electron chi connectivity index (χ3n) is 3.07. The first kappa shape index (κ1) is 15.5. The molecule has 1 rings (SSSR count). The van der Waals surface area contributed by atoms with E-state index in [4.69, 9.17) is 5.11 Å². The van der Waals surface area contributed by atoms with Crippen LogP contribution in [-0.4, -0.2) is 24.2 Å². The van der Waals surface area contributed by atoms with Crippen LogP contribution in [0.2, 0.25) is 0 Å². The number of hydrogen-bond acceptors (Lipinski definition) is 2. The van der Waals surface area contributed by atoms with E-state index in [2.05, 4.69) is 13.8 Å². The lowest BCUT2D eigenvalue weighted by Gasteiger charge is -2.27. The minimum atomic E-state index is -0.828. The maximum atomic E-state index is 13.3. The fraction of sp³-hybridized carbons (Fsp3) is 0.533. The van der Waals surface area contributed by atoms with Crippen LogP contribution in [0.25, 0.3) is 0 Å². The first-order valence-corrected chi connectivity index (χ1v) is 6.63. The minimum absolute atomic E-state index is 0.296. The summed E-state index contributed by atoms with van der Waals surface area (Å²) in [6, 6.07) is 6.32. The van der Waals surface area contributed by atoms with Gasteiger partial charge in [-0.05, 0) is 30.5 Å². The van der Waals surface area contributed by atoms with Crippen molar-refractivity contribution in [2.45, 2.75) is 27.2 Å². The molecule has 0 saturated heterocycles. The highest BCUT2D eigenvalue weighted by molar-refractivity contribution is 5.70. The van der Waals surface area contributed by atoms with Gasteiger partial charge in [-0.2, -0.15) is 0 Å². The summed E-state index contributed by atoms with van der Waals surface area (Å²) in [7, 11) is 0. The van der Waals surface area contributed by atoms with Crippen molar-refractivity contribution in [1.82, 2.24) is 0 Å². The largest absolute Gasteiger partial charge is 0.481 e. The van der Waals surface area contributed by atoms with Crippen molar-refractivity contribution in [3.05, 3.63) is 30.1 Å². The highest BCUT2D eigenvalue weighted by Gasteiger charge is 2.17. The summed E-state index contributed by atoms with van der Waals surface area (Å²) in [5, 5.41) is 9.01. The first-order chi connectivity index (χ1) is 8.90. The van der Waals surface area contributed by atoms with Crippen LogP contribution in [0.4, 0.5) is 10.1 Å². The van der Waals surface area contributed by atoms with Crippen LogP contribution in [-0.2, 0) is 4.79 Å². The normalized spacial score (nSPS) is 12.5. The Balaban J connectivity index is 2.82. The van der Waals surface area contributed by atoms with Gasteiger partial charge in [0.1, 0.15) is 5.82 Å². The lowest BCUT2D eigenvalue weighted by atomic mass is 10.1. The van der Waals surface area contributed by atoms with Gasteiger partial charge in [0.2, 0.25) is 0 Å². The summed E-state index contributed by atoms with van der Waals surface area (Å²) >= 11 is 0. The molecule has 1 aromatic rings. The summed E-state index contributed by atoms with van der Waals surface area (Å²) < 4.78 is 13.3. The molecular formula is C15H22FNO2. The molecule has 0 aliphatic rings. The molecule has 1 N–H and O–H groups in total. The van der Waals surface area contributed by atoms with Crippen molar-refractivity contribution in [1.29, 1.82) is 0 Å². The molecule has 0 aromatic heterocycles. The SMILES string of the molecule is CC(C)CCN(CC(C)C(=O)O)c1cccc(F)c1. The number of halogens is 1. The number of anilines is 1. The summed E-state index contributed by atoms with van der Waals surface area (Å²) in [5.74, 6) is -1.08. The molecule has 0 amide bonds. The van der Waals surface area contributed by atoms with Crippen molar-refractivity contribution >= 4 is 11.7 Å². The summed E-state index contributed by atoms with van der Waals surface area (Å²) in [4.78, 5) is 12.9. The van der Waals surface area contributed by atoms with Crippen LogP contribution in [0, 0.1) is 17.7 Å². The molecule has 0 bridgehead atoms. The molecule has 0 saturated carbocycles. The molecule has 0 aliphatic carbocycles. The fourth-order valence-corrected chi connectivity index (χ4v) is 1.82. The zero-order chi connectivity index (χ0) is 14.4. The van der Waals surface area contributed by atoms with Crippen LogP contribution in [0.3, 0.4) is 0 Å². The Kier molecular flexibility index (Phi) is 5.80. The second kappa shape index (κ2) is 7.12. The van der Waals surface area contributed by atoms with Crippen LogP contribution in [0.15, 0.2) is 24.3 Å². The fourth-order valence-electron chi connectivity index (χ4n) is 1.82. The molecule has 3 nitrogen and oxygen atoms in total. The molecule has 4 heteroatoms. The Morgan fingerprint density at radius 2 is 2.05 bits per heavy atom. The number of carboxylic acids is 1. The number of rotatable bonds is 7. The van der Waals surface area contributed by atoms with Gasteiger partial charge in [0, 0.05) is 18.8 Å². The molecule has 0 aliphatic heterocycles. The number of aliphatic carboxylic acids is 1. The number of carboxylic acid groups (broad SMARTS) is 1. The van der Waals surface area contributed by atoms with Gasteiger partial charge in [-0.15, -0.1) is 0 Å². The van der Waals surface area contributed by atoms with Crippen molar-refractivity contribution < 1.29 is 14.3 Å². The second-order valence-electron chi connectivity index (χ2n) is 5.35. The molecule has 1 unspecified atom stereocenters. The van der Waals surface area contributed by atoms with Gasteiger partial charge in [-0.3, -0.25) is 4.79 Å². The monoisotopic (exact) mass is 267 g/mol. The Morgan fingerprint density at radius 3 is 2.58 bits per heavy atom. The van der Waals surface area contributed by atoms with Crippen molar-refractivity contribution in [3.8, 4) is 0 Å². The average molecular weight is 267 g/mol. The van der Waals surface area contributed by atoms with Crippen LogP contribution in [0.1, 0.15) is 27.2 Å². The maximum Gasteiger partial charge on any atom is 0.308 e. The van der Waals surface area contributed by atoms with Crippen LogP contribution >= 0.6 is 0 Å². The van der Waals surface area contributed by atoms with Crippen LogP contribution < -0.4 is 4.90 Å². The number of hydrogen-bond donors (Lipinski definition) is 1. The van der Waals surface area contributed by atoms with E-state index in [1.165, 1.54) is 12.1 Å². The summed E-state index contributed by atoms with van der Waals surface area (Å²) in [6.45, 7) is 7.03. The predicted octanol–water partition coefficient (Wildman–Crippen LogP) is 3.40. The van der Waals surface area contributed by atoms with Gasteiger partial charge in [-0.25, -0.2) is 4.39 Å². The summed E-state index contributed by atoms with van der Waals surface area (Å²) in [6.07, 6.45) is 0.947. The number of nitrogens with zero attached hydrogens (tertiary/aromatic N) is 1. The van der Waals surface area contributed by atoms with Crippen molar-refractivity contribution in [2.24, 2.45) is 11.8 Å². The summed E-state index contributed by atoms with van der Waals surface area (Å²) in [5.41, 5.74) is 0.744. The molecule has 0 radical (unpaired) electrons. The van der Waals surface area contributed by atoms with Gasteiger partial charge in [0.15, 0.2) is 0 Å². The maximum absolute atomic E-state index is 13.3. The van der Waals surface area contributed by atoms with Gasteiger partial charge in [-0.1, -0.05) is 26.8 Å². The lowest BCUT2D eigenvalue weighted by molar-refractivity contribution is -0.140. The Hall–Kier alpha value is -1.58. The molecule has 0 heterocycles. The molecule has 106 valence electrons. The Bertz CT molecular complexity index is 420. The minimum Gasteiger partial charge on any atom is -0.481 e. The van der Waals surface area contributed by atoms with E-state index in [9.17, 15) is 9.18 Å². The number of benzene rings is 1. The topological polar surface area (TPSA) is 40.5 Å². The molecule has 0 fully saturated rings. The van der Waals surface area contributed by atoms with E-state index in [0.29, 0.717) is 12.5 Å². The van der Waals surface area contributed by atoms with Gasteiger partial charge in [0.05, 0.1) is 5.92 Å². The lowest BCUT2D eigenvalue weighted by Crippen LogP contribution is -2.33. The van der Waals surface area contributed by atoms with Gasteiger partial charge >= 0.3 is 5.97 Å².